The zero-order chi connectivity index (χ0) is 13.9. The van der Waals surface area contributed by atoms with Gasteiger partial charge in [-0.1, -0.05) is 47.6 Å². The standard InChI is InChI=1S/C16H17ClOS/c1-3-13-4-6-14(7-5-13)12-19(2,17)16-10-8-15(18)9-11-16/h3-11,18H,1,12H2,2H3. The number of phenolic OH excluding ortho intramolecular Hbond substituents is 1. The zero-order valence-electron chi connectivity index (χ0n) is 10.8. The van der Waals surface area contributed by atoms with Gasteiger partial charge in [-0.15, -0.1) is 9.24 Å². The minimum absolute atomic E-state index is 0.269. The Morgan fingerprint density at radius 1 is 1.11 bits per heavy atom. The van der Waals surface area contributed by atoms with Crippen molar-refractivity contribution in [2.45, 2.75) is 10.6 Å². The predicted molar refractivity (Wildman–Crippen MR) is 86.0 cm³/mol. The minimum atomic E-state index is -1.41. The molecule has 0 bridgehead atoms. The van der Waals surface area contributed by atoms with Crippen LogP contribution in [0.25, 0.3) is 6.08 Å². The monoisotopic (exact) mass is 292 g/mol. The van der Waals surface area contributed by atoms with Gasteiger partial charge in [-0.05, 0) is 41.6 Å². The van der Waals surface area contributed by atoms with E-state index in [9.17, 15) is 5.11 Å². The SMILES string of the molecule is C=Cc1ccc(CS(C)(Cl)c2ccc(O)cc2)cc1. The van der Waals surface area contributed by atoms with Gasteiger partial charge in [0.05, 0.1) is 0 Å². The van der Waals surface area contributed by atoms with Crippen molar-refractivity contribution in [3.05, 3.63) is 66.2 Å². The van der Waals surface area contributed by atoms with E-state index in [1.165, 1.54) is 5.56 Å². The van der Waals surface area contributed by atoms with Crippen LogP contribution in [0.1, 0.15) is 11.1 Å². The summed E-state index contributed by atoms with van der Waals surface area (Å²) in [4.78, 5) is 1.08. The lowest BCUT2D eigenvalue weighted by molar-refractivity contribution is 0.475. The topological polar surface area (TPSA) is 20.2 Å². The van der Waals surface area contributed by atoms with Crippen LogP contribution in [-0.2, 0) is 5.75 Å². The second kappa shape index (κ2) is 5.72. The quantitative estimate of drug-likeness (QED) is 0.823. The maximum Gasteiger partial charge on any atom is 0.115 e. The first-order valence-electron chi connectivity index (χ1n) is 5.97. The van der Waals surface area contributed by atoms with Gasteiger partial charge in [0.15, 0.2) is 0 Å². The summed E-state index contributed by atoms with van der Waals surface area (Å²) in [6, 6.07) is 15.4. The van der Waals surface area contributed by atoms with Gasteiger partial charge in [-0.2, -0.15) is 0 Å². The highest BCUT2D eigenvalue weighted by Crippen LogP contribution is 2.59. The van der Waals surface area contributed by atoms with Gasteiger partial charge in [0, 0.05) is 10.6 Å². The average molecular weight is 293 g/mol. The molecule has 1 atom stereocenters. The van der Waals surface area contributed by atoms with E-state index in [4.69, 9.17) is 10.7 Å². The molecule has 0 saturated carbocycles. The lowest BCUT2D eigenvalue weighted by Gasteiger charge is -2.28. The van der Waals surface area contributed by atoms with Gasteiger partial charge < -0.3 is 5.11 Å². The first-order valence-corrected chi connectivity index (χ1v) is 9.01. The van der Waals surface area contributed by atoms with Gasteiger partial charge in [0.1, 0.15) is 5.75 Å². The minimum Gasteiger partial charge on any atom is -0.508 e. The molecule has 0 fully saturated rings. The predicted octanol–water partition coefficient (Wildman–Crippen LogP) is 5.18. The first kappa shape index (κ1) is 14.0. The van der Waals surface area contributed by atoms with E-state index in [1.54, 1.807) is 12.1 Å². The molecule has 1 nitrogen and oxygen atoms in total. The van der Waals surface area contributed by atoms with Crippen LogP contribution < -0.4 is 0 Å². The van der Waals surface area contributed by atoms with E-state index in [0.717, 1.165) is 16.2 Å². The molecule has 2 aromatic carbocycles. The highest BCUT2D eigenvalue weighted by Gasteiger charge is 2.18. The van der Waals surface area contributed by atoms with E-state index in [-0.39, 0.29) is 5.75 Å². The molecule has 0 heterocycles. The van der Waals surface area contributed by atoms with E-state index >= 15 is 0 Å². The molecule has 100 valence electrons. The second-order valence-corrected chi connectivity index (χ2v) is 9.32. The Morgan fingerprint density at radius 2 is 1.68 bits per heavy atom. The third-order valence-electron chi connectivity index (χ3n) is 2.98. The van der Waals surface area contributed by atoms with Crippen LogP contribution in [0.2, 0.25) is 0 Å². The number of hydrogen-bond donors (Lipinski definition) is 1. The summed E-state index contributed by atoms with van der Waals surface area (Å²) in [7, 11) is 5.29. The third kappa shape index (κ3) is 3.55. The molecule has 2 rings (SSSR count). The van der Waals surface area contributed by atoms with Crippen molar-refractivity contribution in [1.82, 2.24) is 0 Å². The molecule has 0 amide bonds. The number of halogens is 1. The Kier molecular flexibility index (Phi) is 4.23. The number of benzene rings is 2. The number of aromatic hydroxyl groups is 1. The Balaban J connectivity index is 2.19. The van der Waals surface area contributed by atoms with Crippen molar-refractivity contribution >= 4 is 26.0 Å². The van der Waals surface area contributed by atoms with E-state index < -0.39 is 9.24 Å². The van der Waals surface area contributed by atoms with Gasteiger partial charge in [0.25, 0.3) is 0 Å². The van der Waals surface area contributed by atoms with E-state index in [1.807, 2.05) is 30.3 Å². The van der Waals surface area contributed by atoms with Crippen molar-refractivity contribution in [3.63, 3.8) is 0 Å². The van der Waals surface area contributed by atoms with Crippen LogP contribution in [0.4, 0.5) is 0 Å². The fraction of sp³-hybridized carbons (Fsp3) is 0.125. The molecule has 19 heavy (non-hydrogen) atoms. The normalized spacial score (nSPS) is 15.5. The molecule has 2 aromatic rings. The average Bonchev–Trinajstić information content (AvgIpc) is 2.40. The molecular weight excluding hydrogens is 276 g/mol. The van der Waals surface area contributed by atoms with E-state index in [0.29, 0.717) is 0 Å². The first-order chi connectivity index (χ1) is 9.01. The highest BCUT2D eigenvalue weighted by molar-refractivity contribution is 8.50. The van der Waals surface area contributed by atoms with Crippen LogP contribution in [0, 0.1) is 0 Å². The van der Waals surface area contributed by atoms with Gasteiger partial charge in [-0.25, -0.2) is 0 Å². The summed E-state index contributed by atoms with van der Waals surface area (Å²) in [5, 5.41) is 9.33. The van der Waals surface area contributed by atoms with Crippen LogP contribution >= 0.6 is 19.9 Å². The molecule has 0 radical (unpaired) electrons. The van der Waals surface area contributed by atoms with Crippen LogP contribution in [0.3, 0.4) is 0 Å². The number of phenols is 1. The Hall–Kier alpha value is -1.38. The molecule has 0 aliphatic carbocycles. The molecule has 1 N–H and O–H groups in total. The lowest BCUT2D eigenvalue weighted by Crippen LogP contribution is -1.95. The van der Waals surface area contributed by atoms with Crippen LogP contribution in [0.5, 0.6) is 5.75 Å². The zero-order valence-corrected chi connectivity index (χ0v) is 12.4. The summed E-state index contributed by atoms with van der Waals surface area (Å²) >= 11 is 0. The summed E-state index contributed by atoms with van der Waals surface area (Å²) in [6.45, 7) is 3.75. The van der Waals surface area contributed by atoms with Gasteiger partial charge in [0.2, 0.25) is 0 Å². The maximum absolute atomic E-state index is 9.33. The van der Waals surface area contributed by atoms with Crippen molar-refractivity contribution in [2.24, 2.45) is 0 Å². The summed E-state index contributed by atoms with van der Waals surface area (Å²) in [6.07, 6.45) is 3.90. The smallest absolute Gasteiger partial charge is 0.115 e. The molecule has 0 aliphatic rings. The number of rotatable bonds is 4. The fourth-order valence-corrected chi connectivity index (χ4v) is 4.25. The maximum atomic E-state index is 9.33. The molecule has 3 heteroatoms. The summed E-state index contributed by atoms with van der Waals surface area (Å²) in [5.74, 6) is 1.09. The summed E-state index contributed by atoms with van der Waals surface area (Å²) in [5.41, 5.74) is 2.32. The van der Waals surface area contributed by atoms with Crippen LogP contribution in [-0.4, -0.2) is 11.4 Å². The Morgan fingerprint density at radius 3 is 2.21 bits per heavy atom. The summed E-state index contributed by atoms with van der Waals surface area (Å²) < 4.78 is 0. The molecule has 0 aliphatic heterocycles. The molecule has 0 aromatic heterocycles. The second-order valence-electron chi connectivity index (χ2n) is 4.56. The van der Waals surface area contributed by atoms with Crippen LogP contribution in [0.15, 0.2) is 60.0 Å². The number of hydrogen-bond acceptors (Lipinski definition) is 1. The van der Waals surface area contributed by atoms with Crippen molar-refractivity contribution < 1.29 is 5.11 Å². The van der Waals surface area contributed by atoms with Gasteiger partial charge in [-0.3, -0.25) is 0 Å². The molecular formula is C16H17ClOS. The van der Waals surface area contributed by atoms with Crippen molar-refractivity contribution in [1.29, 1.82) is 0 Å². The fourth-order valence-electron chi connectivity index (χ4n) is 1.88. The Labute approximate surface area is 120 Å². The lowest BCUT2D eigenvalue weighted by atomic mass is 10.1. The third-order valence-corrected chi connectivity index (χ3v) is 5.97. The highest BCUT2D eigenvalue weighted by atomic mass is 35.7. The largest absolute Gasteiger partial charge is 0.508 e. The van der Waals surface area contributed by atoms with Crippen molar-refractivity contribution in [3.8, 4) is 5.75 Å². The van der Waals surface area contributed by atoms with Gasteiger partial charge >= 0.3 is 0 Å². The molecule has 0 spiro atoms. The molecule has 0 saturated heterocycles. The van der Waals surface area contributed by atoms with E-state index in [2.05, 4.69) is 25.0 Å². The van der Waals surface area contributed by atoms with Crippen molar-refractivity contribution in [2.75, 3.05) is 6.26 Å². The molecule has 1 unspecified atom stereocenters. The Bertz CT molecular complexity index is 558.